The van der Waals surface area contributed by atoms with Crippen molar-refractivity contribution in [3.63, 3.8) is 0 Å². The maximum absolute atomic E-state index is 7.51. The second-order valence-electron chi connectivity index (χ2n) is 44.0. The Morgan fingerprint density at radius 1 is 0.238 bits per heavy atom. The number of benzene rings is 20. The first-order valence-corrected chi connectivity index (χ1v) is 52.4. The molecule has 42 rings (SSSR count). The Morgan fingerprint density at radius 3 is 0.980 bits per heavy atom. The van der Waals surface area contributed by atoms with E-state index in [-0.39, 0.29) is 63.7 Å². The fourth-order valence-electron chi connectivity index (χ4n) is 33.3. The molecule has 0 spiro atoms. The number of nitrogens with zero attached hydrogens (tertiary/aromatic N) is 6. The third-order valence-corrected chi connectivity index (χ3v) is 37.9. The van der Waals surface area contributed by atoms with Crippen molar-refractivity contribution >= 4 is 293 Å². The van der Waals surface area contributed by atoms with Crippen LogP contribution in [0.25, 0.3) is 199 Å². The van der Waals surface area contributed by atoms with E-state index in [1.165, 1.54) is 242 Å². The van der Waals surface area contributed by atoms with Crippen LogP contribution in [0.3, 0.4) is 0 Å². The molecule has 18 heteroatoms. The zero-order valence-electron chi connectivity index (χ0n) is 78.8. The van der Waals surface area contributed by atoms with Crippen LogP contribution in [0.15, 0.2) is 382 Å². The number of ether oxygens (including phenoxy) is 2. The molecule has 13 aliphatic heterocycles. The summed E-state index contributed by atoms with van der Waals surface area (Å²) in [6.45, 7) is 0.366. The van der Waals surface area contributed by atoms with E-state index in [1.807, 2.05) is 0 Å². The maximum atomic E-state index is 7.51. The first kappa shape index (κ1) is 75.2. The molecule has 12 nitrogen and oxygen atoms in total. The number of fused-ring (bicyclic) bond motifs is 6. The number of hydrogen-bond acceptors (Lipinski definition) is 6. The quantitative estimate of drug-likeness (QED) is 0.105. The molecule has 5 unspecified atom stereocenters. The number of rotatable bonds is 9. The summed E-state index contributed by atoms with van der Waals surface area (Å²) in [5.74, 6) is 2.38. The smallest absolute Gasteiger partial charge is 0.254 e. The van der Waals surface area contributed by atoms with Crippen molar-refractivity contribution in [2.24, 2.45) is 0 Å². The summed E-state index contributed by atoms with van der Waals surface area (Å²) in [6, 6.07) is 135. The van der Waals surface area contributed by atoms with Gasteiger partial charge in [0.1, 0.15) is 46.0 Å². The minimum Gasteiger partial charge on any atom is -0.486 e. The average molecular weight is 1870 g/mol. The number of aromatic nitrogens is 6. The van der Waals surface area contributed by atoms with Gasteiger partial charge >= 0.3 is 0 Å². The van der Waals surface area contributed by atoms with E-state index in [1.54, 1.807) is 10.9 Å². The molecule has 1 aliphatic carbocycles. The van der Waals surface area contributed by atoms with Crippen LogP contribution in [0.2, 0.25) is 11.6 Å². The van der Waals surface area contributed by atoms with Gasteiger partial charge in [-0.25, -0.2) is 0 Å². The second kappa shape index (κ2) is 25.6. The van der Waals surface area contributed by atoms with Crippen LogP contribution in [0.4, 0.5) is 0 Å². The molecule has 0 saturated heterocycles. The minimum atomic E-state index is -0.131. The van der Waals surface area contributed by atoms with Gasteiger partial charge in [0.25, 0.3) is 26.9 Å². The van der Waals surface area contributed by atoms with E-state index in [0.29, 0.717) is 12.5 Å². The third-order valence-electron chi connectivity index (χ3n) is 37.9. The van der Waals surface area contributed by atoms with E-state index in [2.05, 4.69) is 391 Å². The molecule has 21 heterocycles. The van der Waals surface area contributed by atoms with E-state index < -0.39 is 0 Å². The molecule has 20 aromatic carbocycles. The number of para-hydroxylation sites is 6. The van der Waals surface area contributed by atoms with Crippen molar-refractivity contribution in [1.29, 1.82) is 0 Å². The van der Waals surface area contributed by atoms with Crippen molar-refractivity contribution in [2.75, 3.05) is 0 Å². The molecular weight excluding hydrogens is 1790 g/mol. The van der Waals surface area contributed by atoms with E-state index in [4.69, 9.17) is 27.1 Å². The van der Waals surface area contributed by atoms with Crippen LogP contribution >= 0.6 is 0 Å². The Labute approximate surface area is 838 Å². The van der Waals surface area contributed by atoms with Gasteiger partial charge in [-0.2, -0.15) is 0 Å². The van der Waals surface area contributed by atoms with Gasteiger partial charge in [0, 0.05) is 95.1 Å². The fourth-order valence-corrected chi connectivity index (χ4v) is 33.3. The highest BCUT2D eigenvalue weighted by molar-refractivity contribution is 7.07. The molecule has 0 radical (unpaired) electrons. The molecule has 0 bridgehead atoms. The predicted molar refractivity (Wildman–Crippen MR) is 602 cm³/mol. The Bertz CT molecular complexity index is 10700. The van der Waals surface area contributed by atoms with Gasteiger partial charge in [0.05, 0.1) is 78.3 Å². The summed E-state index contributed by atoms with van der Waals surface area (Å²) in [5.41, 5.74) is 62.6. The van der Waals surface area contributed by atoms with E-state index in [0.717, 1.165) is 97.4 Å². The number of hydrogen-bond donors (Lipinski definition) is 0. The van der Waals surface area contributed by atoms with Crippen molar-refractivity contribution in [1.82, 2.24) is 27.1 Å². The van der Waals surface area contributed by atoms with Gasteiger partial charge in [0.15, 0.2) is 22.3 Å². The van der Waals surface area contributed by atoms with Crippen LogP contribution in [0.1, 0.15) is 45.5 Å². The highest BCUT2D eigenvalue weighted by Gasteiger charge is 2.68. The van der Waals surface area contributed by atoms with Gasteiger partial charge in [-0.3, -0.25) is 0 Å². The molecule has 8 aromatic heterocycles. The summed E-state index contributed by atoms with van der Waals surface area (Å²) in [6.07, 6.45) is 2.61. The summed E-state index contributed by atoms with van der Waals surface area (Å²) in [4.78, 5) is 0. The molecule has 1 fully saturated rings. The topological polar surface area (TPSA) is 99.6 Å². The van der Waals surface area contributed by atoms with Gasteiger partial charge in [-0.15, -0.1) is 0 Å². The minimum absolute atomic E-state index is 0.0543. The Morgan fingerprint density at radius 2 is 0.565 bits per heavy atom. The molecule has 28 aromatic rings. The lowest BCUT2D eigenvalue weighted by Crippen LogP contribution is -2.69. The highest BCUT2D eigenvalue weighted by Crippen LogP contribution is 2.66. The van der Waals surface area contributed by atoms with Crippen molar-refractivity contribution < 1.29 is 27.1 Å². The molecule has 0 amide bonds. The molecule has 14 aliphatic rings. The Hall–Kier alpha value is -17.6. The first-order valence-electron chi connectivity index (χ1n) is 52.4. The second-order valence-corrected chi connectivity index (χ2v) is 44.0. The van der Waals surface area contributed by atoms with Crippen molar-refractivity contribution in [3.8, 4) is 45.1 Å². The van der Waals surface area contributed by atoms with E-state index >= 15 is 0 Å². The normalized spacial score (nSPS) is 17.8. The van der Waals surface area contributed by atoms with Crippen molar-refractivity contribution in [3.05, 3.63) is 397 Å². The average Bonchev–Trinajstić information content (AvgIpc) is 1.60. The first-order chi connectivity index (χ1) is 73.0. The van der Waals surface area contributed by atoms with Crippen LogP contribution in [0.5, 0.6) is 11.5 Å². The van der Waals surface area contributed by atoms with Gasteiger partial charge in [-0.05, 0) is 148 Å². The largest absolute Gasteiger partial charge is 0.486 e. The zero-order chi connectivity index (χ0) is 93.8. The van der Waals surface area contributed by atoms with Crippen molar-refractivity contribution in [2.45, 2.75) is 55.2 Å². The Kier molecular flexibility index (Phi) is 13.1. The molecule has 672 valence electrons. The lowest BCUT2D eigenvalue weighted by atomic mass is 9.24. The van der Waals surface area contributed by atoms with E-state index in [9.17, 15) is 0 Å². The Balaban J connectivity index is 0.0000000861. The predicted octanol–water partition coefficient (Wildman–Crippen LogP) is 17.7. The molecule has 0 N–H and O–H groups in total. The van der Waals surface area contributed by atoms with Crippen LogP contribution < -0.4 is 96.9 Å². The SMILES string of the molecule is c1ccc(B(c2ccccc2)C2C3Oc4cccc5c6ccc7c8c6n(c45)C3C3B8c4c-7ccc5c6cccc7c6n(c45)[C@@H]3C2O7)cc1.c1ccc(B(c2ccccc2)c2c3oc4cccc5c4n4c3c3c6c2oc2cccc7c2n6-c2c(ccc6c2B3c2c(ccc(c2-4)C5)C6)C7)cc1.c1ccc(B(c2ccccc2)c2c3oc4cccc5c6ccc7c8c6n(c3c3c6c2oc2cccc9c%10ccc-7c(c%10n6c29)B38)c45)cc1. The summed E-state index contributed by atoms with van der Waals surface area (Å²) < 4.78 is 60.3. The highest BCUT2D eigenvalue weighted by atomic mass is 16.5. The van der Waals surface area contributed by atoms with Crippen LogP contribution in [0, 0.1) is 0 Å². The summed E-state index contributed by atoms with van der Waals surface area (Å²) >= 11 is 0. The third kappa shape index (κ3) is 8.46. The molecule has 1 saturated carbocycles. The van der Waals surface area contributed by atoms with Crippen LogP contribution in [-0.2, 0) is 19.3 Å². The standard InChI is InChI=1S/C45H26B2N2O2.C42H26B2N2O2.C42H20B2N2O2/c1-3-11-30(12-4-1)46(31-13-5-2-6-14-31)37-44-42-36-43-45(37)51-33-16-8-10-27-23-29-20-18-25-21-24-17-19-28-22-26-9-7-15-32(50-44)38(26)48(42)40(28)34(24)47(36)35(25)41(29)49(43)39(27)33;2*1-3-9-21(10-4-1)43(22-11-5-2-6-12-22)34-41-39-33-40-42(34)48-30-16-8-14-26-28-20-18-24-23-17-19-27-25-13-7-15-29(47-41)35(25)45(39)37(27)31(23)44(33)32(24)38(28)46(40)36(26)30/h1-20H,21-23H2;1-20,33-34,39-42H;1-20H/t;33?,34?,39-,40?,41?,42?;/m.0./s1. The lowest BCUT2D eigenvalue weighted by molar-refractivity contribution is -0.00862. The van der Waals surface area contributed by atoms with Gasteiger partial charge in [-0.1, -0.05) is 360 Å². The zero-order valence-corrected chi connectivity index (χ0v) is 78.8. The summed E-state index contributed by atoms with van der Waals surface area (Å²) in [5, 5.41) is 10.4. The van der Waals surface area contributed by atoms with Crippen LogP contribution in [-0.4, -0.2) is 79.6 Å². The maximum Gasteiger partial charge on any atom is 0.254 e. The molecule has 147 heavy (non-hydrogen) atoms. The summed E-state index contributed by atoms with van der Waals surface area (Å²) in [7, 11) is 0. The van der Waals surface area contributed by atoms with Gasteiger partial charge in [0.2, 0.25) is 13.4 Å². The lowest BCUT2D eigenvalue weighted by Gasteiger charge is -2.59. The fraction of sp³-hybridized carbons (Fsp3) is 0.0698. The van der Waals surface area contributed by atoms with Gasteiger partial charge < -0.3 is 54.2 Å². The molecular formula is C129H72B6N6O6. The molecule has 6 atom stereocenters. The monoisotopic (exact) mass is 1870 g/mol.